The molecule has 0 fully saturated rings. The summed E-state index contributed by atoms with van der Waals surface area (Å²) in [7, 11) is 0. The Labute approximate surface area is 128 Å². The highest BCUT2D eigenvalue weighted by Crippen LogP contribution is 2.17. The molecular weight excluding hydrogens is 304 g/mol. The average Bonchev–Trinajstić information content (AvgIpc) is 2.99. The summed E-state index contributed by atoms with van der Waals surface area (Å²) >= 11 is 7.52. The van der Waals surface area contributed by atoms with E-state index in [0.29, 0.717) is 14.5 Å². The van der Waals surface area contributed by atoms with E-state index in [9.17, 15) is 4.79 Å². The van der Waals surface area contributed by atoms with Gasteiger partial charge in [-0.1, -0.05) is 53.3 Å². The summed E-state index contributed by atoms with van der Waals surface area (Å²) in [6.07, 6.45) is 1.82. The van der Waals surface area contributed by atoms with E-state index in [1.54, 1.807) is 4.40 Å². The molecule has 0 aliphatic heterocycles. The van der Waals surface area contributed by atoms with Gasteiger partial charge in [-0.25, -0.2) is 9.38 Å². The molecule has 0 aliphatic rings. The predicted octanol–water partition coefficient (Wildman–Crippen LogP) is 3.11. The minimum absolute atomic E-state index is 0.0522. The van der Waals surface area contributed by atoms with Crippen LogP contribution < -0.4 is 10.1 Å². The Morgan fingerprint density at radius 2 is 1.86 bits per heavy atom. The molecule has 0 atom stereocenters. The number of fused-ring (bicyclic) bond motifs is 3. The first-order chi connectivity index (χ1) is 10.2. The van der Waals surface area contributed by atoms with Gasteiger partial charge in [0, 0.05) is 5.02 Å². The minimum atomic E-state index is -0.0522. The van der Waals surface area contributed by atoms with Crippen LogP contribution in [0, 0.1) is 0 Å². The summed E-state index contributed by atoms with van der Waals surface area (Å²) in [6, 6.07) is 15.1. The van der Waals surface area contributed by atoms with Crippen LogP contribution in [-0.2, 0) is 0 Å². The van der Waals surface area contributed by atoms with Gasteiger partial charge in [-0.2, -0.15) is 0 Å². The van der Waals surface area contributed by atoms with Gasteiger partial charge in [0.05, 0.1) is 15.6 Å². The van der Waals surface area contributed by atoms with Crippen molar-refractivity contribution in [2.24, 2.45) is 0 Å². The highest BCUT2D eigenvalue weighted by molar-refractivity contribution is 7.15. The molecule has 0 saturated heterocycles. The fourth-order valence-electron chi connectivity index (χ4n) is 2.35. The molecule has 0 spiro atoms. The van der Waals surface area contributed by atoms with Gasteiger partial charge in [0.25, 0.3) is 5.56 Å². The standard InChI is InChI=1S/C16H9ClN2OS/c17-11-6-2-1-5-10(11)9-14-15(20)19-13-8-4-3-7-12(13)18-16(19)21-14/h1-9H/b14-9+. The second-order valence-electron chi connectivity index (χ2n) is 4.66. The van der Waals surface area contributed by atoms with E-state index in [4.69, 9.17) is 11.6 Å². The molecule has 0 amide bonds. The molecular formula is C16H9ClN2OS. The molecule has 0 aliphatic carbocycles. The van der Waals surface area contributed by atoms with Crippen LogP contribution in [0.2, 0.25) is 5.02 Å². The maximum atomic E-state index is 12.6. The topological polar surface area (TPSA) is 34.4 Å². The van der Waals surface area contributed by atoms with Crippen LogP contribution in [0.5, 0.6) is 0 Å². The molecule has 4 rings (SSSR count). The van der Waals surface area contributed by atoms with E-state index in [2.05, 4.69) is 4.98 Å². The molecule has 4 aromatic rings. The van der Waals surface area contributed by atoms with Gasteiger partial charge in [0.2, 0.25) is 0 Å². The predicted molar refractivity (Wildman–Crippen MR) is 87.1 cm³/mol. The maximum Gasteiger partial charge on any atom is 0.274 e. The number of para-hydroxylation sites is 2. The largest absolute Gasteiger partial charge is 0.274 e. The van der Waals surface area contributed by atoms with E-state index in [0.717, 1.165) is 16.6 Å². The quantitative estimate of drug-likeness (QED) is 0.541. The van der Waals surface area contributed by atoms with Crippen molar-refractivity contribution in [1.29, 1.82) is 0 Å². The normalized spacial score (nSPS) is 12.5. The molecule has 3 nitrogen and oxygen atoms in total. The number of imidazole rings is 1. The molecule has 0 N–H and O–H groups in total. The molecule has 5 heteroatoms. The van der Waals surface area contributed by atoms with Gasteiger partial charge >= 0.3 is 0 Å². The Morgan fingerprint density at radius 3 is 2.71 bits per heavy atom. The average molecular weight is 313 g/mol. The maximum absolute atomic E-state index is 12.6. The number of hydrogen-bond donors (Lipinski definition) is 0. The number of nitrogens with zero attached hydrogens (tertiary/aromatic N) is 2. The van der Waals surface area contributed by atoms with Crippen LogP contribution in [0.15, 0.2) is 53.3 Å². The smallest absolute Gasteiger partial charge is 0.267 e. The highest BCUT2D eigenvalue weighted by Gasteiger charge is 2.10. The van der Waals surface area contributed by atoms with Crippen molar-refractivity contribution in [3.8, 4) is 0 Å². The lowest BCUT2D eigenvalue weighted by molar-refractivity contribution is 1.19. The fourth-order valence-corrected chi connectivity index (χ4v) is 3.51. The first-order valence-electron chi connectivity index (χ1n) is 6.40. The lowest BCUT2D eigenvalue weighted by Crippen LogP contribution is -2.22. The zero-order valence-corrected chi connectivity index (χ0v) is 12.4. The number of hydrogen-bond acceptors (Lipinski definition) is 3. The Hall–Kier alpha value is -2.17. The van der Waals surface area contributed by atoms with Gasteiger partial charge in [-0.05, 0) is 29.8 Å². The van der Waals surface area contributed by atoms with Gasteiger partial charge in [-0.3, -0.25) is 4.79 Å². The molecule has 2 aromatic heterocycles. The van der Waals surface area contributed by atoms with Crippen LogP contribution in [-0.4, -0.2) is 9.38 Å². The zero-order valence-electron chi connectivity index (χ0n) is 10.8. The van der Waals surface area contributed by atoms with Crippen molar-refractivity contribution in [3.05, 3.63) is 74.0 Å². The van der Waals surface area contributed by atoms with Crippen molar-refractivity contribution in [2.45, 2.75) is 0 Å². The summed E-state index contributed by atoms with van der Waals surface area (Å²) in [5.74, 6) is 0. The molecule has 0 radical (unpaired) electrons. The molecule has 102 valence electrons. The number of halogens is 1. The van der Waals surface area contributed by atoms with Crippen molar-refractivity contribution in [1.82, 2.24) is 9.38 Å². The molecule has 2 heterocycles. The lowest BCUT2D eigenvalue weighted by atomic mass is 10.2. The third-order valence-corrected chi connectivity index (χ3v) is 4.65. The molecule has 0 unspecified atom stereocenters. The molecule has 2 aromatic carbocycles. The number of aromatic nitrogens is 2. The number of rotatable bonds is 1. The second-order valence-corrected chi connectivity index (χ2v) is 6.07. The molecule has 0 bridgehead atoms. The van der Waals surface area contributed by atoms with Crippen LogP contribution in [0.3, 0.4) is 0 Å². The summed E-state index contributed by atoms with van der Waals surface area (Å²) < 4.78 is 2.29. The summed E-state index contributed by atoms with van der Waals surface area (Å²) in [4.78, 5) is 17.8. The Balaban J connectivity index is 2.06. The first-order valence-corrected chi connectivity index (χ1v) is 7.60. The van der Waals surface area contributed by atoms with Gasteiger partial charge in [-0.15, -0.1) is 0 Å². The Morgan fingerprint density at radius 1 is 1.10 bits per heavy atom. The third kappa shape index (κ3) is 1.95. The van der Waals surface area contributed by atoms with Crippen molar-refractivity contribution in [3.63, 3.8) is 0 Å². The van der Waals surface area contributed by atoms with E-state index in [-0.39, 0.29) is 5.56 Å². The van der Waals surface area contributed by atoms with Crippen molar-refractivity contribution in [2.75, 3.05) is 0 Å². The third-order valence-electron chi connectivity index (χ3n) is 3.34. The van der Waals surface area contributed by atoms with Crippen LogP contribution in [0.1, 0.15) is 5.56 Å². The fraction of sp³-hybridized carbons (Fsp3) is 0. The van der Waals surface area contributed by atoms with Gasteiger partial charge in [0.15, 0.2) is 4.96 Å². The van der Waals surface area contributed by atoms with Gasteiger partial charge in [0.1, 0.15) is 0 Å². The first kappa shape index (κ1) is 12.6. The van der Waals surface area contributed by atoms with E-state index >= 15 is 0 Å². The van der Waals surface area contributed by atoms with Crippen LogP contribution >= 0.6 is 22.9 Å². The van der Waals surface area contributed by atoms with Crippen LogP contribution in [0.4, 0.5) is 0 Å². The van der Waals surface area contributed by atoms with Crippen molar-refractivity contribution < 1.29 is 0 Å². The number of benzene rings is 2. The summed E-state index contributed by atoms with van der Waals surface area (Å²) in [5, 5.41) is 0.632. The zero-order chi connectivity index (χ0) is 14.4. The minimum Gasteiger partial charge on any atom is -0.267 e. The highest BCUT2D eigenvalue weighted by atomic mass is 35.5. The van der Waals surface area contributed by atoms with E-state index in [1.165, 1.54) is 11.3 Å². The number of thiazole rings is 1. The molecule has 0 saturated carbocycles. The van der Waals surface area contributed by atoms with Crippen molar-refractivity contribution >= 4 is 45.0 Å². The summed E-state index contributed by atoms with van der Waals surface area (Å²) in [5.41, 5.74) is 2.46. The Bertz CT molecular complexity index is 1080. The SMILES string of the molecule is O=c1/c(=C\c2ccccc2Cl)sc2nc3ccccc3n12. The summed E-state index contributed by atoms with van der Waals surface area (Å²) in [6.45, 7) is 0. The van der Waals surface area contributed by atoms with Gasteiger partial charge < -0.3 is 0 Å². The van der Waals surface area contributed by atoms with Crippen LogP contribution in [0.25, 0.3) is 22.1 Å². The molecule has 21 heavy (non-hydrogen) atoms. The lowest BCUT2D eigenvalue weighted by Gasteiger charge is -1.94. The second kappa shape index (κ2) is 4.69. The Kier molecular flexibility index (Phi) is 2.80. The van der Waals surface area contributed by atoms with E-state index in [1.807, 2.05) is 54.6 Å². The monoisotopic (exact) mass is 312 g/mol. The van der Waals surface area contributed by atoms with E-state index < -0.39 is 0 Å².